The highest BCUT2D eigenvalue weighted by Crippen LogP contribution is 2.24. The minimum atomic E-state index is 0.534. The average molecular weight is 413 g/mol. The molecule has 0 aliphatic rings. The second-order valence-electron chi connectivity index (χ2n) is 5.96. The Morgan fingerprint density at radius 2 is 1.80 bits per heavy atom. The van der Waals surface area contributed by atoms with E-state index >= 15 is 0 Å². The molecule has 0 atom stereocenters. The summed E-state index contributed by atoms with van der Waals surface area (Å²) >= 11 is 19.1. The van der Waals surface area contributed by atoms with Crippen molar-refractivity contribution in [3.63, 3.8) is 0 Å². The minimum Gasteiger partial charge on any atom is -0.362 e. The lowest BCUT2D eigenvalue weighted by Gasteiger charge is -2.12. The second kappa shape index (κ2) is 10.3. The average Bonchev–Trinajstić information content (AvgIpc) is 2.58. The van der Waals surface area contributed by atoms with Gasteiger partial charge in [0.15, 0.2) is 5.11 Å². The molecule has 2 aromatic rings. The number of benzene rings is 2. The topological polar surface area (TPSA) is 24.1 Å². The van der Waals surface area contributed by atoms with Gasteiger partial charge in [0.05, 0.1) is 10.0 Å². The third-order valence-electron chi connectivity index (χ3n) is 3.62. The molecule has 0 heterocycles. The van der Waals surface area contributed by atoms with E-state index in [1.807, 2.05) is 30.0 Å². The molecule has 2 aromatic carbocycles. The van der Waals surface area contributed by atoms with Gasteiger partial charge in [-0.3, -0.25) is 0 Å². The van der Waals surface area contributed by atoms with Crippen molar-refractivity contribution in [2.75, 3.05) is 17.6 Å². The molecular weight excluding hydrogens is 391 g/mol. The molecule has 0 bridgehead atoms. The van der Waals surface area contributed by atoms with E-state index in [0.29, 0.717) is 21.1 Å². The van der Waals surface area contributed by atoms with E-state index in [2.05, 4.69) is 48.7 Å². The van der Waals surface area contributed by atoms with E-state index in [-0.39, 0.29) is 0 Å². The van der Waals surface area contributed by atoms with Crippen molar-refractivity contribution in [2.24, 2.45) is 0 Å². The van der Waals surface area contributed by atoms with Crippen LogP contribution in [0.5, 0.6) is 0 Å². The summed E-state index contributed by atoms with van der Waals surface area (Å²) in [5, 5.41) is 8.28. The van der Waals surface area contributed by atoms with E-state index in [1.165, 1.54) is 11.1 Å². The number of hydrogen-bond acceptors (Lipinski definition) is 2. The first-order valence-corrected chi connectivity index (χ1v) is 10.4. The molecule has 0 amide bonds. The quantitative estimate of drug-likeness (QED) is 0.409. The number of anilines is 1. The number of hydrogen-bond donors (Lipinski definition) is 2. The van der Waals surface area contributed by atoms with Gasteiger partial charge < -0.3 is 10.6 Å². The molecule has 0 fully saturated rings. The minimum absolute atomic E-state index is 0.534. The maximum atomic E-state index is 6.02. The lowest BCUT2D eigenvalue weighted by Crippen LogP contribution is -2.30. The Morgan fingerprint density at radius 1 is 1.08 bits per heavy atom. The van der Waals surface area contributed by atoms with Crippen LogP contribution < -0.4 is 10.6 Å². The van der Waals surface area contributed by atoms with Crippen molar-refractivity contribution in [1.82, 2.24) is 5.32 Å². The van der Waals surface area contributed by atoms with E-state index < -0.39 is 0 Å². The summed E-state index contributed by atoms with van der Waals surface area (Å²) in [6.07, 6.45) is 0. The summed E-state index contributed by atoms with van der Waals surface area (Å²) in [5.74, 6) is 2.38. The summed E-state index contributed by atoms with van der Waals surface area (Å²) in [6.45, 7) is 5.18. The van der Waals surface area contributed by atoms with Gasteiger partial charge in [0.1, 0.15) is 0 Å². The maximum Gasteiger partial charge on any atom is 0.170 e. The van der Waals surface area contributed by atoms with Crippen LogP contribution in [0.1, 0.15) is 30.9 Å². The fourth-order valence-electron chi connectivity index (χ4n) is 2.18. The van der Waals surface area contributed by atoms with Gasteiger partial charge in [-0.25, -0.2) is 0 Å². The van der Waals surface area contributed by atoms with Gasteiger partial charge >= 0.3 is 0 Å². The summed E-state index contributed by atoms with van der Waals surface area (Å²) in [6, 6.07) is 14.1. The Bertz CT molecular complexity index is 703. The van der Waals surface area contributed by atoms with Crippen molar-refractivity contribution >= 4 is 58.0 Å². The first kappa shape index (κ1) is 20.4. The first-order chi connectivity index (χ1) is 12.0. The third kappa shape index (κ3) is 7.06. The number of thioether (sulfide) groups is 1. The standard InChI is InChI=1S/C19H22Cl2N2S2/c1-13(2)15-4-6-16(7-5-15)23-19(24)22-9-10-25-12-14-3-8-17(20)18(21)11-14/h3-8,11,13H,9-10,12H2,1-2H3,(H2,22,23,24). The van der Waals surface area contributed by atoms with Crippen LogP contribution in [-0.2, 0) is 5.75 Å². The monoisotopic (exact) mass is 412 g/mol. The van der Waals surface area contributed by atoms with Crippen molar-refractivity contribution < 1.29 is 0 Å². The fourth-order valence-corrected chi connectivity index (χ4v) is 3.53. The Morgan fingerprint density at radius 3 is 2.44 bits per heavy atom. The molecule has 0 aliphatic carbocycles. The predicted molar refractivity (Wildman–Crippen MR) is 117 cm³/mol. The van der Waals surface area contributed by atoms with Gasteiger partial charge in [0.25, 0.3) is 0 Å². The number of nitrogens with one attached hydrogen (secondary N) is 2. The summed E-state index contributed by atoms with van der Waals surface area (Å²) < 4.78 is 0. The molecule has 0 aliphatic heterocycles. The molecule has 0 radical (unpaired) electrons. The van der Waals surface area contributed by atoms with E-state index in [9.17, 15) is 0 Å². The molecule has 0 saturated heterocycles. The highest BCUT2D eigenvalue weighted by Gasteiger charge is 2.02. The summed E-state index contributed by atoms with van der Waals surface area (Å²) in [7, 11) is 0. The molecule has 0 unspecified atom stereocenters. The molecule has 134 valence electrons. The van der Waals surface area contributed by atoms with Gasteiger partial charge in [-0.15, -0.1) is 0 Å². The zero-order chi connectivity index (χ0) is 18.2. The third-order valence-corrected chi connectivity index (χ3v) is 5.64. The molecule has 0 aromatic heterocycles. The highest BCUT2D eigenvalue weighted by atomic mass is 35.5. The Hall–Kier alpha value is -0.940. The Balaban J connectivity index is 1.65. The molecule has 0 saturated carbocycles. The van der Waals surface area contributed by atoms with Crippen LogP contribution in [-0.4, -0.2) is 17.4 Å². The Kier molecular flexibility index (Phi) is 8.37. The van der Waals surface area contributed by atoms with Crippen LogP contribution in [0.3, 0.4) is 0 Å². The number of halogens is 2. The summed E-state index contributed by atoms with van der Waals surface area (Å²) in [5.41, 5.74) is 3.50. The SMILES string of the molecule is CC(C)c1ccc(NC(=S)NCCSCc2ccc(Cl)c(Cl)c2)cc1. The lowest BCUT2D eigenvalue weighted by atomic mass is 10.0. The van der Waals surface area contributed by atoms with Crippen molar-refractivity contribution in [1.29, 1.82) is 0 Å². The van der Waals surface area contributed by atoms with Gasteiger partial charge in [0.2, 0.25) is 0 Å². The zero-order valence-corrected chi connectivity index (χ0v) is 17.5. The number of rotatable bonds is 7. The predicted octanol–water partition coefficient (Wildman–Crippen LogP) is 6.34. The largest absolute Gasteiger partial charge is 0.362 e. The normalized spacial score (nSPS) is 10.8. The van der Waals surface area contributed by atoms with Crippen LogP contribution in [0.2, 0.25) is 10.0 Å². The molecule has 2 nitrogen and oxygen atoms in total. The van der Waals surface area contributed by atoms with Crippen molar-refractivity contribution in [2.45, 2.75) is 25.5 Å². The highest BCUT2D eigenvalue weighted by molar-refractivity contribution is 7.98. The lowest BCUT2D eigenvalue weighted by molar-refractivity contribution is 0.867. The van der Waals surface area contributed by atoms with Gasteiger partial charge in [-0.2, -0.15) is 11.8 Å². The molecule has 0 spiro atoms. The van der Waals surface area contributed by atoms with Crippen LogP contribution in [0.4, 0.5) is 5.69 Å². The van der Waals surface area contributed by atoms with E-state index in [1.54, 1.807) is 0 Å². The maximum absolute atomic E-state index is 6.02. The van der Waals surface area contributed by atoms with Crippen LogP contribution in [0, 0.1) is 0 Å². The fraction of sp³-hybridized carbons (Fsp3) is 0.316. The molecule has 6 heteroatoms. The van der Waals surface area contributed by atoms with Crippen molar-refractivity contribution in [3.05, 3.63) is 63.6 Å². The molecule has 25 heavy (non-hydrogen) atoms. The van der Waals surface area contributed by atoms with Gasteiger partial charge in [-0.05, 0) is 53.5 Å². The van der Waals surface area contributed by atoms with E-state index in [0.717, 1.165) is 23.7 Å². The second-order valence-corrected chi connectivity index (χ2v) is 8.29. The zero-order valence-electron chi connectivity index (χ0n) is 14.3. The van der Waals surface area contributed by atoms with Gasteiger partial charge in [0, 0.05) is 23.7 Å². The molecular formula is C19H22Cl2N2S2. The van der Waals surface area contributed by atoms with Crippen LogP contribution in [0.25, 0.3) is 0 Å². The van der Waals surface area contributed by atoms with E-state index in [4.69, 9.17) is 35.4 Å². The Labute approximate surface area is 169 Å². The van der Waals surface area contributed by atoms with Crippen LogP contribution >= 0.6 is 47.2 Å². The van der Waals surface area contributed by atoms with Gasteiger partial charge in [-0.1, -0.05) is 55.2 Å². The molecule has 2 rings (SSSR count). The van der Waals surface area contributed by atoms with Crippen LogP contribution in [0.15, 0.2) is 42.5 Å². The smallest absolute Gasteiger partial charge is 0.170 e. The summed E-state index contributed by atoms with van der Waals surface area (Å²) in [4.78, 5) is 0. The van der Waals surface area contributed by atoms with Crippen molar-refractivity contribution in [3.8, 4) is 0 Å². The number of thiocarbonyl (C=S) groups is 1. The molecule has 2 N–H and O–H groups in total. The first-order valence-electron chi connectivity index (χ1n) is 8.12.